The average molecular weight is 373 g/mol. The highest BCUT2D eigenvalue weighted by Gasteiger charge is 2.13. The van der Waals surface area contributed by atoms with Crippen molar-refractivity contribution in [1.29, 1.82) is 0 Å². The maximum atomic E-state index is 12.3. The van der Waals surface area contributed by atoms with Crippen LogP contribution >= 0.6 is 0 Å². The minimum atomic E-state index is -3.56. The number of hydrogen-bond donors (Lipinski definition) is 1. The van der Waals surface area contributed by atoms with Crippen LogP contribution in [-0.4, -0.2) is 34.7 Å². The van der Waals surface area contributed by atoms with E-state index in [1.807, 2.05) is 12.1 Å². The van der Waals surface area contributed by atoms with Crippen molar-refractivity contribution < 1.29 is 13.2 Å². The number of aryl methyl sites for hydroxylation is 1. The summed E-state index contributed by atoms with van der Waals surface area (Å²) < 4.78 is 34.5. The lowest BCUT2D eigenvalue weighted by molar-refractivity contribution is 0.289. The first kappa shape index (κ1) is 18.0. The SMILES string of the molecule is Cn1ncnc1COc1ccc(S(=O)(=O)NCCc2cccnc2)cc1. The Morgan fingerprint density at radius 1 is 1.19 bits per heavy atom. The van der Waals surface area contributed by atoms with Gasteiger partial charge in [0.05, 0.1) is 4.90 Å². The van der Waals surface area contributed by atoms with Gasteiger partial charge in [-0.25, -0.2) is 18.1 Å². The van der Waals surface area contributed by atoms with Crippen molar-refractivity contribution in [2.75, 3.05) is 6.54 Å². The zero-order chi connectivity index (χ0) is 18.4. The van der Waals surface area contributed by atoms with Crippen molar-refractivity contribution in [3.63, 3.8) is 0 Å². The third-order valence-electron chi connectivity index (χ3n) is 3.74. The van der Waals surface area contributed by atoms with Gasteiger partial charge in [0.1, 0.15) is 18.7 Å². The van der Waals surface area contributed by atoms with Crippen LogP contribution in [0.1, 0.15) is 11.4 Å². The van der Waals surface area contributed by atoms with Crippen LogP contribution in [0.4, 0.5) is 0 Å². The standard InChI is InChI=1S/C17H19N5O3S/c1-22-17(19-13-20-22)12-25-15-4-6-16(7-5-15)26(23,24)21-10-8-14-3-2-9-18-11-14/h2-7,9,11,13,21H,8,10,12H2,1H3. The fraction of sp³-hybridized carbons (Fsp3) is 0.235. The number of hydrogen-bond acceptors (Lipinski definition) is 6. The molecule has 2 aromatic heterocycles. The molecule has 0 saturated heterocycles. The van der Waals surface area contributed by atoms with Crippen LogP contribution < -0.4 is 9.46 Å². The smallest absolute Gasteiger partial charge is 0.240 e. The third kappa shape index (κ3) is 4.64. The molecular weight excluding hydrogens is 354 g/mol. The fourth-order valence-electron chi connectivity index (χ4n) is 2.27. The molecule has 8 nitrogen and oxygen atoms in total. The van der Waals surface area contributed by atoms with E-state index in [2.05, 4.69) is 19.8 Å². The van der Waals surface area contributed by atoms with E-state index in [-0.39, 0.29) is 11.5 Å². The van der Waals surface area contributed by atoms with Gasteiger partial charge in [-0.3, -0.25) is 9.67 Å². The van der Waals surface area contributed by atoms with Gasteiger partial charge in [-0.15, -0.1) is 0 Å². The summed E-state index contributed by atoms with van der Waals surface area (Å²) in [5.41, 5.74) is 0.975. The Labute approximate surface area is 151 Å². The second-order valence-electron chi connectivity index (χ2n) is 5.57. The number of nitrogens with zero attached hydrogens (tertiary/aromatic N) is 4. The Hall–Kier alpha value is -2.78. The molecule has 0 amide bonds. The Morgan fingerprint density at radius 2 is 2.00 bits per heavy atom. The third-order valence-corrected chi connectivity index (χ3v) is 5.21. The average Bonchev–Trinajstić information content (AvgIpc) is 3.06. The summed E-state index contributed by atoms with van der Waals surface area (Å²) in [5.74, 6) is 1.24. The van der Waals surface area contributed by atoms with Gasteiger partial charge in [0, 0.05) is 26.0 Å². The van der Waals surface area contributed by atoms with Crippen molar-refractivity contribution >= 4 is 10.0 Å². The van der Waals surface area contributed by atoms with E-state index in [1.54, 1.807) is 36.3 Å². The highest BCUT2D eigenvalue weighted by Crippen LogP contribution is 2.16. The molecule has 3 aromatic rings. The summed E-state index contributed by atoms with van der Waals surface area (Å²) in [6, 6.07) is 9.99. The van der Waals surface area contributed by atoms with E-state index in [4.69, 9.17) is 4.74 Å². The van der Waals surface area contributed by atoms with E-state index in [9.17, 15) is 8.42 Å². The van der Waals surface area contributed by atoms with Gasteiger partial charge in [0.2, 0.25) is 10.0 Å². The van der Waals surface area contributed by atoms with Crippen LogP contribution in [0.3, 0.4) is 0 Å². The lowest BCUT2D eigenvalue weighted by atomic mass is 10.2. The molecular formula is C17H19N5O3S. The van der Waals surface area contributed by atoms with Crippen molar-refractivity contribution in [2.24, 2.45) is 7.05 Å². The number of ether oxygens (including phenoxy) is 1. The van der Waals surface area contributed by atoms with Crippen LogP contribution in [0, 0.1) is 0 Å². The van der Waals surface area contributed by atoms with Crippen molar-refractivity contribution in [2.45, 2.75) is 17.9 Å². The monoisotopic (exact) mass is 373 g/mol. The Bertz CT molecular complexity index is 940. The molecule has 3 rings (SSSR count). The summed E-state index contributed by atoms with van der Waals surface area (Å²) in [7, 11) is -1.79. The van der Waals surface area contributed by atoms with Crippen molar-refractivity contribution in [3.8, 4) is 5.75 Å². The highest BCUT2D eigenvalue weighted by molar-refractivity contribution is 7.89. The molecule has 1 aromatic carbocycles. The zero-order valence-corrected chi connectivity index (χ0v) is 15.1. The summed E-state index contributed by atoms with van der Waals surface area (Å²) in [6.07, 6.45) is 5.43. The molecule has 0 unspecified atom stereocenters. The minimum Gasteiger partial charge on any atom is -0.486 e. The number of aromatic nitrogens is 4. The molecule has 0 aliphatic rings. The number of pyridine rings is 1. The van der Waals surface area contributed by atoms with Gasteiger partial charge in [-0.05, 0) is 42.3 Å². The second kappa shape index (κ2) is 8.07. The molecule has 1 N–H and O–H groups in total. The maximum absolute atomic E-state index is 12.3. The normalized spacial score (nSPS) is 11.4. The van der Waals surface area contributed by atoms with Gasteiger partial charge < -0.3 is 4.74 Å². The molecule has 0 aliphatic heterocycles. The minimum absolute atomic E-state index is 0.190. The predicted molar refractivity (Wildman–Crippen MR) is 94.9 cm³/mol. The molecule has 26 heavy (non-hydrogen) atoms. The van der Waals surface area contributed by atoms with Gasteiger partial charge in [-0.1, -0.05) is 6.07 Å². The van der Waals surface area contributed by atoms with Crippen LogP contribution in [0.5, 0.6) is 5.75 Å². The molecule has 0 bridgehead atoms. The first-order valence-electron chi connectivity index (χ1n) is 7.99. The second-order valence-corrected chi connectivity index (χ2v) is 7.34. The van der Waals surface area contributed by atoms with Gasteiger partial charge >= 0.3 is 0 Å². The molecule has 0 aliphatic carbocycles. The molecule has 136 valence electrons. The molecule has 0 fully saturated rings. The lowest BCUT2D eigenvalue weighted by Crippen LogP contribution is -2.26. The largest absolute Gasteiger partial charge is 0.486 e. The number of rotatable bonds is 8. The first-order valence-corrected chi connectivity index (χ1v) is 9.47. The lowest BCUT2D eigenvalue weighted by Gasteiger charge is -2.09. The van der Waals surface area contributed by atoms with Gasteiger partial charge in [0.25, 0.3) is 0 Å². The quantitative estimate of drug-likeness (QED) is 0.639. The van der Waals surface area contributed by atoms with Gasteiger partial charge in [-0.2, -0.15) is 5.10 Å². The fourth-order valence-corrected chi connectivity index (χ4v) is 3.30. The van der Waals surface area contributed by atoms with E-state index in [0.717, 1.165) is 5.56 Å². The molecule has 0 spiro atoms. The highest BCUT2D eigenvalue weighted by atomic mass is 32.2. The van der Waals surface area contributed by atoms with Crippen LogP contribution in [0.15, 0.2) is 60.0 Å². The zero-order valence-electron chi connectivity index (χ0n) is 14.2. The Balaban J connectivity index is 1.55. The number of nitrogens with one attached hydrogen (secondary N) is 1. The molecule has 0 saturated carbocycles. The number of benzene rings is 1. The summed E-state index contributed by atoms with van der Waals surface area (Å²) in [6.45, 7) is 0.560. The number of sulfonamides is 1. The molecule has 2 heterocycles. The first-order chi connectivity index (χ1) is 12.5. The van der Waals surface area contributed by atoms with Crippen LogP contribution in [-0.2, 0) is 30.1 Å². The summed E-state index contributed by atoms with van der Waals surface area (Å²) in [5, 5.41) is 3.96. The summed E-state index contributed by atoms with van der Waals surface area (Å²) in [4.78, 5) is 8.26. The molecule has 0 atom stereocenters. The van der Waals surface area contributed by atoms with E-state index < -0.39 is 10.0 Å². The topological polar surface area (TPSA) is 99.0 Å². The van der Waals surface area contributed by atoms with Crippen molar-refractivity contribution in [1.82, 2.24) is 24.5 Å². The Kier molecular flexibility index (Phi) is 5.59. The van der Waals surface area contributed by atoms with E-state index >= 15 is 0 Å². The van der Waals surface area contributed by atoms with Crippen molar-refractivity contribution in [3.05, 3.63) is 66.5 Å². The molecule has 0 radical (unpaired) electrons. The summed E-state index contributed by atoms with van der Waals surface area (Å²) >= 11 is 0. The molecule has 9 heteroatoms. The van der Waals surface area contributed by atoms with Crippen LogP contribution in [0.2, 0.25) is 0 Å². The van der Waals surface area contributed by atoms with E-state index in [1.165, 1.54) is 18.5 Å². The van der Waals surface area contributed by atoms with Gasteiger partial charge in [0.15, 0.2) is 5.82 Å². The van der Waals surface area contributed by atoms with Crippen LogP contribution in [0.25, 0.3) is 0 Å². The Morgan fingerprint density at radius 3 is 2.65 bits per heavy atom. The van der Waals surface area contributed by atoms with E-state index in [0.29, 0.717) is 24.5 Å². The predicted octanol–water partition coefficient (Wildman–Crippen LogP) is 1.31. The maximum Gasteiger partial charge on any atom is 0.240 e.